The van der Waals surface area contributed by atoms with E-state index in [1.165, 1.54) is 4.90 Å². The van der Waals surface area contributed by atoms with Crippen molar-refractivity contribution in [2.45, 2.75) is 17.9 Å². The summed E-state index contributed by atoms with van der Waals surface area (Å²) in [7, 11) is 3.64. The van der Waals surface area contributed by atoms with Crippen molar-refractivity contribution >= 4 is 17.7 Å². The van der Waals surface area contributed by atoms with Crippen LogP contribution in [0.1, 0.15) is 12.2 Å². The molecule has 0 bridgehead atoms. The third-order valence-electron chi connectivity index (χ3n) is 3.07. The van der Waals surface area contributed by atoms with Crippen LogP contribution in [0.4, 0.5) is 0 Å². The van der Waals surface area contributed by atoms with Gasteiger partial charge in [-0.25, -0.2) is 4.98 Å². The molecule has 0 aliphatic rings. The van der Waals surface area contributed by atoms with E-state index >= 15 is 0 Å². The fraction of sp³-hybridized carbons (Fsp3) is 0.400. The highest BCUT2D eigenvalue weighted by Crippen LogP contribution is 2.17. The van der Waals surface area contributed by atoms with Crippen molar-refractivity contribution in [3.63, 3.8) is 0 Å². The molecular formula is C15H22N6S. The van der Waals surface area contributed by atoms with Crippen molar-refractivity contribution in [2.75, 3.05) is 19.3 Å². The predicted octanol–water partition coefficient (Wildman–Crippen LogP) is 1.66. The Kier molecular flexibility index (Phi) is 6.76. The minimum atomic E-state index is 0.606. The van der Waals surface area contributed by atoms with Crippen LogP contribution in [0, 0.1) is 0 Å². The molecule has 7 heteroatoms. The van der Waals surface area contributed by atoms with Gasteiger partial charge in [0.1, 0.15) is 12.2 Å². The Bertz CT molecular complexity index is 581. The maximum Gasteiger partial charge on any atom is 0.191 e. The first kappa shape index (κ1) is 16.4. The minimum absolute atomic E-state index is 0.606. The first-order valence-corrected chi connectivity index (χ1v) is 8.23. The zero-order valence-electron chi connectivity index (χ0n) is 13.0. The molecule has 0 saturated heterocycles. The lowest BCUT2D eigenvalue weighted by Gasteiger charge is -2.11. The fourth-order valence-corrected chi connectivity index (χ4v) is 2.72. The van der Waals surface area contributed by atoms with Crippen LogP contribution < -0.4 is 10.6 Å². The largest absolute Gasteiger partial charge is 0.356 e. The summed E-state index contributed by atoms with van der Waals surface area (Å²) in [5.41, 5.74) is 0. The second kappa shape index (κ2) is 9.09. The van der Waals surface area contributed by atoms with Crippen molar-refractivity contribution in [3.8, 4) is 0 Å². The summed E-state index contributed by atoms with van der Waals surface area (Å²) in [6.45, 7) is 1.49. The first-order valence-electron chi connectivity index (χ1n) is 7.25. The van der Waals surface area contributed by atoms with Crippen molar-refractivity contribution in [1.82, 2.24) is 25.4 Å². The zero-order chi connectivity index (χ0) is 15.6. The van der Waals surface area contributed by atoms with Gasteiger partial charge in [-0.1, -0.05) is 18.2 Å². The molecule has 118 valence electrons. The molecule has 0 fully saturated rings. The van der Waals surface area contributed by atoms with Gasteiger partial charge in [-0.3, -0.25) is 9.67 Å². The van der Waals surface area contributed by atoms with E-state index in [0.717, 1.165) is 30.5 Å². The first-order chi connectivity index (χ1) is 10.8. The standard InChI is InChI=1S/C15H22N6S/c1-16-15(18-11-14-19-12-20-21(14)2)17-9-6-10-22-13-7-4-3-5-8-13/h3-5,7-8,12H,6,9-11H2,1-2H3,(H2,16,17,18). The van der Waals surface area contributed by atoms with Crippen molar-refractivity contribution < 1.29 is 0 Å². The molecule has 1 aromatic carbocycles. The molecular weight excluding hydrogens is 296 g/mol. The van der Waals surface area contributed by atoms with Crippen molar-refractivity contribution in [3.05, 3.63) is 42.5 Å². The number of thioether (sulfide) groups is 1. The molecule has 6 nitrogen and oxygen atoms in total. The average Bonchev–Trinajstić information content (AvgIpc) is 2.96. The van der Waals surface area contributed by atoms with Gasteiger partial charge in [0, 0.05) is 25.5 Å². The Balaban J connectivity index is 1.61. The monoisotopic (exact) mass is 318 g/mol. The molecule has 1 aromatic heterocycles. The van der Waals surface area contributed by atoms with Gasteiger partial charge >= 0.3 is 0 Å². The third kappa shape index (κ3) is 5.40. The Labute approximate surface area is 135 Å². The van der Waals surface area contributed by atoms with Gasteiger partial charge in [0.2, 0.25) is 0 Å². The highest BCUT2D eigenvalue weighted by atomic mass is 32.2. The van der Waals surface area contributed by atoms with Crippen LogP contribution >= 0.6 is 11.8 Å². The van der Waals surface area contributed by atoms with Gasteiger partial charge in [0.15, 0.2) is 5.96 Å². The second-order valence-corrected chi connectivity index (χ2v) is 5.84. The van der Waals surface area contributed by atoms with E-state index in [1.54, 1.807) is 18.1 Å². The van der Waals surface area contributed by atoms with Gasteiger partial charge in [0.25, 0.3) is 0 Å². The van der Waals surface area contributed by atoms with Crippen molar-refractivity contribution in [2.24, 2.45) is 12.0 Å². The number of rotatable bonds is 7. The third-order valence-corrected chi connectivity index (χ3v) is 4.17. The predicted molar refractivity (Wildman–Crippen MR) is 91.0 cm³/mol. The smallest absolute Gasteiger partial charge is 0.191 e. The Morgan fingerprint density at radius 1 is 1.27 bits per heavy atom. The molecule has 0 unspecified atom stereocenters. The van der Waals surface area contributed by atoms with Crippen LogP contribution in [0.5, 0.6) is 0 Å². The van der Waals surface area contributed by atoms with Crippen LogP contribution in [0.15, 0.2) is 46.5 Å². The fourth-order valence-electron chi connectivity index (χ4n) is 1.85. The van der Waals surface area contributed by atoms with Gasteiger partial charge in [0.05, 0.1) is 6.54 Å². The maximum absolute atomic E-state index is 4.20. The number of hydrogen-bond donors (Lipinski definition) is 2. The van der Waals surface area contributed by atoms with Gasteiger partial charge in [-0.05, 0) is 24.3 Å². The van der Waals surface area contributed by atoms with Gasteiger partial charge in [-0.15, -0.1) is 11.8 Å². The Hall–Kier alpha value is -2.02. The minimum Gasteiger partial charge on any atom is -0.356 e. The normalized spacial score (nSPS) is 11.5. The summed E-state index contributed by atoms with van der Waals surface area (Å²) in [4.78, 5) is 9.68. The summed E-state index contributed by atoms with van der Waals surface area (Å²) in [6.07, 6.45) is 2.62. The highest BCUT2D eigenvalue weighted by Gasteiger charge is 2.02. The maximum atomic E-state index is 4.20. The number of aliphatic imine (C=N–C) groups is 1. The van der Waals surface area contributed by atoms with E-state index < -0.39 is 0 Å². The quantitative estimate of drug-likeness (QED) is 0.352. The Morgan fingerprint density at radius 2 is 2.09 bits per heavy atom. The van der Waals surface area contributed by atoms with E-state index in [2.05, 4.69) is 50.0 Å². The number of nitrogens with zero attached hydrogens (tertiary/aromatic N) is 4. The molecule has 0 amide bonds. The number of aryl methyl sites for hydroxylation is 1. The van der Waals surface area contributed by atoms with Crippen LogP contribution in [0.3, 0.4) is 0 Å². The lowest BCUT2D eigenvalue weighted by atomic mass is 10.4. The zero-order valence-corrected chi connectivity index (χ0v) is 13.8. The lowest BCUT2D eigenvalue weighted by Crippen LogP contribution is -2.38. The summed E-state index contributed by atoms with van der Waals surface area (Å²) < 4.78 is 1.75. The summed E-state index contributed by atoms with van der Waals surface area (Å²) in [5, 5.41) is 10.6. The Morgan fingerprint density at radius 3 is 2.77 bits per heavy atom. The number of benzene rings is 1. The lowest BCUT2D eigenvalue weighted by molar-refractivity contribution is 0.672. The molecule has 2 N–H and O–H groups in total. The topological polar surface area (TPSA) is 67.1 Å². The summed E-state index contributed by atoms with van der Waals surface area (Å²) in [5.74, 6) is 2.74. The van der Waals surface area contributed by atoms with Crippen molar-refractivity contribution in [1.29, 1.82) is 0 Å². The molecule has 22 heavy (non-hydrogen) atoms. The number of hydrogen-bond acceptors (Lipinski definition) is 4. The SMILES string of the molecule is CN=C(NCCCSc1ccccc1)NCc1ncnn1C. The molecule has 0 saturated carbocycles. The second-order valence-electron chi connectivity index (χ2n) is 4.67. The number of nitrogens with one attached hydrogen (secondary N) is 2. The molecule has 0 aliphatic carbocycles. The number of aromatic nitrogens is 3. The molecule has 0 atom stereocenters. The van der Waals surface area contributed by atoms with Gasteiger partial charge in [-0.2, -0.15) is 5.10 Å². The van der Waals surface area contributed by atoms with E-state index in [0.29, 0.717) is 6.54 Å². The highest BCUT2D eigenvalue weighted by molar-refractivity contribution is 7.99. The van der Waals surface area contributed by atoms with Crippen LogP contribution in [-0.4, -0.2) is 40.1 Å². The van der Waals surface area contributed by atoms with E-state index in [9.17, 15) is 0 Å². The summed E-state index contributed by atoms with van der Waals surface area (Å²) >= 11 is 1.87. The molecule has 2 rings (SSSR count). The van der Waals surface area contributed by atoms with E-state index in [-0.39, 0.29) is 0 Å². The molecule has 0 radical (unpaired) electrons. The van der Waals surface area contributed by atoms with Crippen LogP contribution in [-0.2, 0) is 13.6 Å². The van der Waals surface area contributed by atoms with Crippen LogP contribution in [0.2, 0.25) is 0 Å². The number of guanidine groups is 1. The molecule has 2 aromatic rings. The average molecular weight is 318 g/mol. The van der Waals surface area contributed by atoms with E-state index in [4.69, 9.17) is 0 Å². The molecule has 0 spiro atoms. The van der Waals surface area contributed by atoms with E-state index in [1.807, 2.05) is 24.9 Å². The summed E-state index contributed by atoms with van der Waals surface area (Å²) in [6, 6.07) is 10.5. The van der Waals surface area contributed by atoms with Crippen LogP contribution in [0.25, 0.3) is 0 Å². The molecule has 0 aliphatic heterocycles. The molecule has 1 heterocycles. The van der Waals surface area contributed by atoms with Gasteiger partial charge < -0.3 is 10.6 Å².